The van der Waals surface area contributed by atoms with E-state index in [1.165, 1.54) is 18.1 Å². The standard InChI is InChI=1S/C34H33Cl2FN4O5.C2HF3O2/c1-44-33(43)25-9-28(37)24(10-29(25)41-20-5-6-21(41)13-45-12-20)23-4-2-3-19-11-39(18-46-31(19)23)32(42)30-26(35)7-22(8-27(30)36)40-16-34(17-40)14-38-15-34;3-2(4,5)1(6)7/h2-4,7-10,20-21,38H,5-6,11-18H2,1H3;(H,6,7). The molecule has 1 amide bonds. The molecule has 0 aromatic heterocycles. The minimum absolute atomic E-state index is 0.0682. The fourth-order valence-electron chi connectivity index (χ4n) is 7.65. The molecule has 3 aromatic rings. The number of ether oxygens (including phenoxy) is 3. The van der Waals surface area contributed by atoms with Gasteiger partial charge in [-0.1, -0.05) is 41.4 Å². The number of alkyl halides is 3. The third-order valence-electron chi connectivity index (χ3n) is 10.3. The molecule has 0 radical (unpaired) electrons. The minimum atomic E-state index is -5.08. The Kier molecular flexibility index (Phi) is 9.89. The van der Waals surface area contributed by atoms with Gasteiger partial charge in [-0.3, -0.25) is 4.79 Å². The Hall–Kier alpha value is -4.31. The van der Waals surface area contributed by atoms with Crippen molar-refractivity contribution in [1.29, 1.82) is 0 Å². The summed E-state index contributed by atoms with van der Waals surface area (Å²) in [5.41, 5.74) is 3.82. The SMILES string of the molecule is COC(=O)c1cc(F)c(-c2cccc3c2OCN(C(=O)c2c(Cl)cc(N4CC5(CNC5)C4)cc2Cl)C3)cc1N1C2CCC1COC2.O=C(O)C(F)(F)F. The fourth-order valence-corrected chi connectivity index (χ4v) is 8.28. The number of esters is 1. The predicted octanol–water partition coefficient (Wildman–Crippen LogP) is 5.99. The number of carboxylic acid groups (broad SMARTS) is 1. The smallest absolute Gasteiger partial charge is 0.475 e. The van der Waals surface area contributed by atoms with Crippen LogP contribution < -0.4 is 19.9 Å². The van der Waals surface area contributed by atoms with E-state index in [0.29, 0.717) is 46.8 Å². The van der Waals surface area contributed by atoms with Crippen molar-refractivity contribution in [1.82, 2.24) is 10.2 Å². The van der Waals surface area contributed by atoms with E-state index in [2.05, 4.69) is 15.1 Å². The Morgan fingerprint density at radius 3 is 2.21 bits per heavy atom. The summed E-state index contributed by atoms with van der Waals surface area (Å²) < 4.78 is 64.6. The highest BCUT2D eigenvalue weighted by atomic mass is 35.5. The van der Waals surface area contributed by atoms with Gasteiger partial charge in [-0.05, 0) is 37.1 Å². The van der Waals surface area contributed by atoms with E-state index in [0.717, 1.165) is 44.7 Å². The maximum atomic E-state index is 15.9. The number of halogens is 6. The lowest BCUT2D eigenvalue weighted by Gasteiger charge is -2.57. The summed E-state index contributed by atoms with van der Waals surface area (Å²) in [7, 11) is 1.29. The Bertz CT molecular complexity index is 1930. The van der Waals surface area contributed by atoms with Crippen molar-refractivity contribution in [3.8, 4) is 16.9 Å². The first kappa shape index (κ1) is 37.0. The topological polar surface area (TPSA) is 121 Å². The second-order valence-electron chi connectivity index (χ2n) is 13.8. The molecular weight excluding hydrogens is 747 g/mol. The largest absolute Gasteiger partial charge is 0.490 e. The molecule has 53 heavy (non-hydrogen) atoms. The number of hydrogen-bond acceptors (Lipinski definition) is 9. The summed E-state index contributed by atoms with van der Waals surface area (Å²) in [5, 5.41) is 11.0. The number of carbonyl (C=O) groups is 3. The average Bonchev–Trinajstić information content (AvgIpc) is 3.32. The van der Waals surface area contributed by atoms with E-state index in [4.69, 9.17) is 47.3 Å². The Morgan fingerprint density at radius 2 is 1.64 bits per heavy atom. The number of para-hydroxylation sites is 1. The van der Waals surface area contributed by atoms with E-state index in [1.54, 1.807) is 24.3 Å². The molecule has 2 bridgehead atoms. The molecule has 2 N–H and O–H groups in total. The molecule has 4 saturated heterocycles. The van der Waals surface area contributed by atoms with Crippen molar-refractivity contribution >= 4 is 52.4 Å². The first-order valence-corrected chi connectivity index (χ1v) is 17.5. The second-order valence-corrected chi connectivity index (χ2v) is 14.6. The van der Waals surface area contributed by atoms with Crippen molar-refractivity contribution in [3.63, 3.8) is 0 Å². The number of carbonyl (C=O) groups excluding carboxylic acids is 2. The van der Waals surface area contributed by atoms with Crippen LogP contribution in [0, 0.1) is 11.2 Å². The number of nitrogens with zero attached hydrogens (tertiary/aromatic N) is 3. The van der Waals surface area contributed by atoms with E-state index < -0.39 is 23.9 Å². The zero-order valence-corrected chi connectivity index (χ0v) is 29.8. The Morgan fingerprint density at radius 1 is 1.00 bits per heavy atom. The van der Waals surface area contributed by atoms with Gasteiger partial charge in [0, 0.05) is 54.0 Å². The van der Waals surface area contributed by atoms with Crippen molar-refractivity contribution in [2.24, 2.45) is 5.41 Å². The lowest BCUT2D eigenvalue weighted by Crippen LogP contribution is -2.71. The van der Waals surface area contributed by atoms with Crippen molar-refractivity contribution in [3.05, 3.63) is 75.0 Å². The van der Waals surface area contributed by atoms with Crippen molar-refractivity contribution in [2.75, 3.05) is 63.0 Å². The summed E-state index contributed by atoms with van der Waals surface area (Å²) in [6.45, 7) is 5.14. The van der Waals surface area contributed by atoms with Crippen molar-refractivity contribution in [2.45, 2.75) is 37.6 Å². The van der Waals surface area contributed by atoms with Crippen molar-refractivity contribution < 1.29 is 51.3 Å². The van der Waals surface area contributed by atoms with Gasteiger partial charge in [0.25, 0.3) is 5.91 Å². The molecule has 1 spiro atoms. The van der Waals surface area contributed by atoms with Gasteiger partial charge < -0.3 is 39.3 Å². The van der Waals surface area contributed by atoms with Crippen LogP contribution in [0.3, 0.4) is 0 Å². The second kappa shape index (κ2) is 14.2. The molecule has 0 saturated carbocycles. The summed E-state index contributed by atoms with van der Waals surface area (Å²) >= 11 is 13.3. The van der Waals surface area contributed by atoms with E-state index in [1.807, 2.05) is 12.1 Å². The molecule has 3 aromatic carbocycles. The minimum Gasteiger partial charge on any atom is -0.475 e. The van der Waals surface area contributed by atoms with Gasteiger partial charge in [0.15, 0.2) is 6.73 Å². The first-order chi connectivity index (χ1) is 25.2. The number of methoxy groups -OCH3 is 1. The third kappa shape index (κ3) is 6.95. The van der Waals surface area contributed by atoms with Crippen LogP contribution in [0.2, 0.25) is 10.0 Å². The summed E-state index contributed by atoms with van der Waals surface area (Å²) in [6.07, 6.45) is -3.22. The van der Waals surface area contributed by atoms with E-state index in [9.17, 15) is 22.8 Å². The van der Waals surface area contributed by atoms with Crippen LogP contribution in [0.1, 0.15) is 39.1 Å². The van der Waals surface area contributed by atoms with Crippen LogP contribution in [0.25, 0.3) is 11.1 Å². The molecule has 5 aliphatic heterocycles. The van der Waals surface area contributed by atoms with Gasteiger partial charge in [0.2, 0.25) is 0 Å². The van der Waals surface area contributed by atoms with Crippen LogP contribution >= 0.6 is 23.2 Å². The van der Waals surface area contributed by atoms with Gasteiger partial charge in [0.05, 0.1) is 65.8 Å². The summed E-state index contributed by atoms with van der Waals surface area (Å²) in [4.78, 5) is 41.4. The van der Waals surface area contributed by atoms with E-state index >= 15 is 4.39 Å². The van der Waals surface area contributed by atoms with Crippen LogP contribution in [0.5, 0.6) is 5.75 Å². The van der Waals surface area contributed by atoms with Crippen LogP contribution in [0.15, 0.2) is 42.5 Å². The van der Waals surface area contributed by atoms with Crippen LogP contribution in [-0.4, -0.2) is 99.3 Å². The average molecular weight is 782 g/mol. The molecule has 2 unspecified atom stereocenters. The Labute approximate surface area is 311 Å². The van der Waals surface area contributed by atoms with Gasteiger partial charge in [-0.25, -0.2) is 14.0 Å². The number of anilines is 2. The molecule has 11 nitrogen and oxygen atoms in total. The number of amides is 1. The lowest BCUT2D eigenvalue weighted by atomic mass is 9.74. The number of rotatable bonds is 5. The lowest BCUT2D eigenvalue weighted by molar-refractivity contribution is -0.192. The number of hydrogen-bond donors (Lipinski definition) is 2. The van der Waals surface area contributed by atoms with Gasteiger partial charge >= 0.3 is 18.1 Å². The van der Waals surface area contributed by atoms with Gasteiger partial charge in [0.1, 0.15) is 11.6 Å². The molecular formula is C36H34Cl2F4N4O7. The number of carboxylic acids is 1. The van der Waals surface area contributed by atoms with Gasteiger partial charge in [-0.15, -0.1) is 0 Å². The number of aliphatic carboxylic acids is 1. The monoisotopic (exact) mass is 780 g/mol. The summed E-state index contributed by atoms with van der Waals surface area (Å²) in [5.74, 6) is -3.79. The first-order valence-electron chi connectivity index (χ1n) is 16.8. The number of nitrogens with one attached hydrogen (secondary N) is 1. The number of benzene rings is 3. The molecule has 0 aliphatic carbocycles. The predicted molar refractivity (Wildman–Crippen MR) is 186 cm³/mol. The fraction of sp³-hybridized carbons (Fsp3) is 0.417. The highest BCUT2D eigenvalue weighted by Crippen LogP contribution is 2.44. The quantitative estimate of drug-likeness (QED) is 0.236. The highest BCUT2D eigenvalue weighted by Gasteiger charge is 2.48. The molecule has 5 aliphatic rings. The molecule has 282 valence electrons. The number of morpholine rings is 1. The molecule has 8 rings (SSSR count). The highest BCUT2D eigenvalue weighted by molar-refractivity contribution is 6.40. The maximum absolute atomic E-state index is 15.9. The molecule has 4 fully saturated rings. The molecule has 2 atom stereocenters. The number of fused-ring (bicyclic) bond motifs is 3. The molecule has 17 heteroatoms. The Balaban J connectivity index is 0.000000568. The zero-order chi connectivity index (χ0) is 37.8. The van der Waals surface area contributed by atoms with E-state index in [-0.39, 0.29) is 52.4 Å². The van der Waals surface area contributed by atoms with Gasteiger partial charge in [-0.2, -0.15) is 13.2 Å². The van der Waals surface area contributed by atoms with Crippen LogP contribution in [-0.2, 0) is 20.8 Å². The molecule has 5 heterocycles. The maximum Gasteiger partial charge on any atom is 0.490 e. The summed E-state index contributed by atoms with van der Waals surface area (Å²) in [6, 6.07) is 12.2. The zero-order valence-electron chi connectivity index (χ0n) is 28.3. The van der Waals surface area contributed by atoms with Crippen LogP contribution in [0.4, 0.5) is 28.9 Å². The normalized spacial score (nSPS) is 21.1. The third-order valence-corrected chi connectivity index (χ3v) is 10.9.